The third kappa shape index (κ3) is 2.71. The van der Waals surface area contributed by atoms with Gasteiger partial charge in [0.25, 0.3) is 0 Å². The van der Waals surface area contributed by atoms with Gasteiger partial charge in [-0.05, 0) is 11.3 Å². The van der Waals surface area contributed by atoms with Crippen molar-refractivity contribution in [3.63, 3.8) is 0 Å². The molecule has 2 unspecified atom stereocenters. The van der Waals surface area contributed by atoms with E-state index >= 15 is 0 Å². The summed E-state index contributed by atoms with van der Waals surface area (Å²) in [7, 11) is 0. The summed E-state index contributed by atoms with van der Waals surface area (Å²) >= 11 is 0. The summed E-state index contributed by atoms with van der Waals surface area (Å²) in [5.41, 5.74) is 6.12. The highest BCUT2D eigenvalue weighted by Crippen LogP contribution is 2.22. The second-order valence-electron chi connectivity index (χ2n) is 5.58. The summed E-state index contributed by atoms with van der Waals surface area (Å²) in [6.07, 6.45) is 0.691. The maximum absolute atomic E-state index is 11.5. The van der Waals surface area contributed by atoms with Crippen LogP contribution in [-0.4, -0.2) is 29.9 Å². The zero-order valence-electron chi connectivity index (χ0n) is 9.71. The van der Waals surface area contributed by atoms with Crippen molar-refractivity contribution in [2.75, 3.05) is 13.1 Å². The van der Waals surface area contributed by atoms with Crippen LogP contribution < -0.4 is 5.73 Å². The Morgan fingerprint density at radius 3 is 2.50 bits per heavy atom. The third-order valence-corrected chi connectivity index (χ3v) is 2.94. The maximum Gasteiger partial charge on any atom is 0.222 e. The molecule has 1 saturated heterocycles. The van der Waals surface area contributed by atoms with Crippen molar-refractivity contribution in [1.82, 2.24) is 4.90 Å². The highest BCUT2D eigenvalue weighted by atomic mass is 16.2. The lowest BCUT2D eigenvalue weighted by Gasteiger charge is -2.30. The molecule has 0 radical (unpaired) electrons. The SMILES string of the molecule is CC1CC(=O)N(CC(N)C(C)(C)C)C1. The van der Waals surface area contributed by atoms with Gasteiger partial charge < -0.3 is 10.6 Å². The first kappa shape index (κ1) is 11.5. The second-order valence-corrected chi connectivity index (χ2v) is 5.58. The number of carbonyl (C=O) groups excluding carboxylic acids is 1. The fraction of sp³-hybridized carbons (Fsp3) is 0.909. The van der Waals surface area contributed by atoms with Crippen molar-refractivity contribution >= 4 is 5.91 Å². The number of nitrogens with zero attached hydrogens (tertiary/aromatic N) is 1. The van der Waals surface area contributed by atoms with Crippen molar-refractivity contribution in [3.8, 4) is 0 Å². The Morgan fingerprint density at radius 1 is 1.57 bits per heavy atom. The molecule has 1 rings (SSSR count). The molecule has 3 nitrogen and oxygen atoms in total. The zero-order chi connectivity index (χ0) is 10.9. The molecule has 2 atom stereocenters. The summed E-state index contributed by atoms with van der Waals surface area (Å²) in [5, 5.41) is 0. The van der Waals surface area contributed by atoms with E-state index in [4.69, 9.17) is 5.73 Å². The molecule has 1 amide bonds. The number of carbonyl (C=O) groups is 1. The Kier molecular flexibility index (Phi) is 3.20. The molecule has 3 heteroatoms. The number of rotatable bonds is 2. The van der Waals surface area contributed by atoms with E-state index < -0.39 is 0 Å². The molecule has 2 N–H and O–H groups in total. The summed E-state index contributed by atoms with van der Waals surface area (Å²) < 4.78 is 0. The molecule has 0 aliphatic carbocycles. The number of likely N-dealkylation sites (tertiary alicyclic amines) is 1. The number of hydrogen-bond acceptors (Lipinski definition) is 2. The first-order valence-electron chi connectivity index (χ1n) is 5.34. The van der Waals surface area contributed by atoms with E-state index in [1.807, 2.05) is 4.90 Å². The zero-order valence-corrected chi connectivity index (χ0v) is 9.71. The van der Waals surface area contributed by atoms with E-state index in [1.165, 1.54) is 0 Å². The van der Waals surface area contributed by atoms with Gasteiger partial charge in [-0.3, -0.25) is 4.79 Å². The van der Waals surface area contributed by atoms with E-state index in [2.05, 4.69) is 27.7 Å². The van der Waals surface area contributed by atoms with Gasteiger partial charge in [0.05, 0.1) is 0 Å². The van der Waals surface area contributed by atoms with Gasteiger partial charge in [0.15, 0.2) is 0 Å². The van der Waals surface area contributed by atoms with Crippen LogP contribution in [0.4, 0.5) is 0 Å². The normalized spacial score (nSPS) is 25.6. The van der Waals surface area contributed by atoms with Crippen molar-refractivity contribution in [2.24, 2.45) is 17.1 Å². The van der Waals surface area contributed by atoms with E-state index in [-0.39, 0.29) is 17.4 Å². The largest absolute Gasteiger partial charge is 0.341 e. The maximum atomic E-state index is 11.5. The minimum absolute atomic E-state index is 0.0664. The summed E-state index contributed by atoms with van der Waals surface area (Å²) in [6.45, 7) is 10.0. The first-order chi connectivity index (χ1) is 6.30. The Hall–Kier alpha value is -0.570. The van der Waals surface area contributed by atoms with Gasteiger partial charge in [-0.25, -0.2) is 0 Å². The van der Waals surface area contributed by atoms with Crippen molar-refractivity contribution in [3.05, 3.63) is 0 Å². The van der Waals surface area contributed by atoms with E-state index in [9.17, 15) is 4.79 Å². The molecule has 1 heterocycles. The number of nitrogens with two attached hydrogens (primary N) is 1. The second kappa shape index (κ2) is 3.89. The highest BCUT2D eigenvalue weighted by molar-refractivity contribution is 5.78. The van der Waals surface area contributed by atoms with Crippen LogP contribution in [0, 0.1) is 11.3 Å². The van der Waals surface area contributed by atoms with E-state index in [0.29, 0.717) is 18.9 Å². The Bertz CT molecular complexity index is 220. The first-order valence-corrected chi connectivity index (χ1v) is 5.34. The average molecular weight is 198 g/mol. The molecule has 1 fully saturated rings. The predicted molar refractivity (Wildman–Crippen MR) is 57.8 cm³/mol. The molecule has 0 aromatic carbocycles. The van der Waals surface area contributed by atoms with Gasteiger partial charge in [0.1, 0.15) is 0 Å². The molecule has 1 aliphatic rings. The minimum Gasteiger partial charge on any atom is -0.341 e. The molecular weight excluding hydrogens is 176 g/mol. The van der Waals surface area contributed by atoms with Crippen LogP contribution in [0.3, 0.4) is 0 Å². The minimum atomic E-state index is 0.0664. The smallest absolute Gasteiger partial charge is 0.222 e. The van der Waals surface area contributed by atoms with Gasteiger partial charge >= 0.3 is 0 Å². The molecule has 14 heavy (non-hydrogen) atoms. The number of amides is 1. The number of hydrogen-bond donors (Lipinski definition) is 1. The van der Waals surface area contributed by atoms with Crippen LogP contribution in [0.25, 0.3) is 0 Å². The Balaban J connectivity index is 2.49. The van der Waals surface area contributed by atoms with Crippen LogP contribution in [0.5, 0.6) is 0 Å². The van der Waals surface area contributed by atoms with Crippen LogP contribution in [0.1, 0.15) is 34.1 Å². The molecule has 0 aromatic heterocycles. The van der Waals surface area contributed by atoms with Gasteiger partial charge in [-0.2, -0.15) is 0 Å². The molecule has 1 aliphatic heterocycles. The molecule has 0 bridgehead atoms. The quantitative estimate of drug-likeness (QED) is 0.725. The van der Waals surface area contributed by atoms with Gasteiger partial charge in [-0.1, -0.05) is 27.7 Å². The topological polar surface area (TPSA) is 46.3 Å². The van der Waals surface area contributed by atoms with Crippen LogP contribution in [0.15, 0.2) is 0 Å². The van der Waals surface area contributed by atoms with Gasteiger partial charge in [-0.15, -0.1) is 0 Å². The fourth-order valence-corrected chi connectivity index (χ4v) is 1.66. The van der Waals surface area contributed by atoms with Crippen LogP contribution >= 0.6 is 0 Å². The predicted octanol–water partition coefficient (Wildman–Crippen LogP) is 1.23. The third-order valence-electron chi connectivity index (χ3n) is 2.94. The van der Waals surface area contributed by atoms with Crippen molar-refractivity contribution in [1.29, 1.82) is 0 Å². The summed E-state index contributed by atoms with van der Waals surface area (Å²) in [5.74, 6) is 0.756. The lowest BCUT2D eigenvalue weighted by Crippen LogP contribution is -2.45. The van der Waals surface area contributed by atoms with Crippen LogP contribution in [0.2, 0.25) is 0 Å². The Labute approximate surface area is 86.6 Å². The standard InChI is InChI=1S/C11H22N2O/c1-8-5-10(14)13(6-8)7-9(12)11(2,3)4/h8-9H,5-7,12H2,1-4H3. The summed E-state index contributed by atoms with van der Waals surface area (Å²) in [6, 6.07) is 0.0664. The monoisotopic (exact) mass is 198 g/mol. The summed E-state index contributed by atoms with van der Waals surface area (Å²) in [4.78, 5) is 13.4. The van der Waals surface area contributed by atoms with Crippen molar-refractivity contribution < 1.29 is 4.79 Å². The van der Waals surface area contributed by atoms with Crippen LogP contribution in [-0.2, 0) is 4.79 Å². The van der Waals surface area contributed by atoms with Gasteiger partial charge in [0.2, 0.25) is 5.91 Å². The lowest BCUT2D eigenvalue weighted by molar-refractivity contribution is -0.128. The molecular formula is C11H22N2O. The van der Waals surface area contributed by atoms with E-state index in [1.54, 1.807) is 0 Å². The lowest BCUT2D eigenvalue weighted by atomic mass is 9.87. The fourth-order valence-electron chi connectivity index (χ4n) is 1.66. The highest BCUT2D eigenvalue weighted by Gasteiger charge is 2.30. The van der Waals surface area contributed by atoms with E-state index in [0.717, 1.165) is 6.54 Å². The molecule has 0 aromatic rings. The molecule has 0 saturated carbocycles. The molecule has 0 spiro atoms. The Morgan fingerprint density at radius 2 is 2.14 bits per heavy atom. The average Bonchev–Trinajstić information content (AvgIpc) is 2.28. The van der Waals surface area contributed by atoms with Crippen molar-refractivity contribution in [2.45, 2.75) is 40.2 Å². The molecule has 82 valence electrons. The van der Waals surface area contributed by atoms with Gasteiger partial charge in [0, 0.05) is 25.6 Å².